The normalized spacial score (nSPS) is 16.4. The van der Waals surface area contributed by atoms with Crippen LogP contribution in [0.2, 0.25) is 0 Å². The number of hydrogen-bond donors (Lipinski definition) is 3. The maximum Gasteiger partial charge on any atom is 0.339 e. The molecule has 0 bridgehead atoms. The third kappa shape index (κ3) is 10.6. The topological polar surface area (TPSA) is 140 Å². The van der Waals surface area contributed by atoms with Crippen LogP contribution in [0.5, 0.6) is 0 Å². The fourth-order valence-corrected chi connectivity index (χ4v) is 2.46. The van der Waals surface area contributed by atoms with Gasteiger partial charge in [0.15, 0.2) is 5.60 Å². The van der Waals surface area contributed by atoms with E-state index in [4.69, 9.17) is 24.4 Å². The van der Waals surface area contributed by atoms with Crippen LogP contribution in [0.3, 0.4) is 0 Å². The summed E-state index contributed by atoms with van der Waals surface area (Å²) in [6.07, 6.45) is -1.58. The van der Waals surface area contributed by atoms with Gasteiger partial charge >= 0.3 is 17.9 Å². The first-order chi connectivity index (χ1) is 13.1. The van der Waals surface area contributed by atoms with Gasteiger partial charge in [-0.3, -0.25) is 9.59 Å². The van der Waals surface area contributed by atoms with E-state index in [1.54, 1.807) is 13.8 Å². The first kappa shape index (κ1) is 26.3. The fourth-order valence-electron chi connectivity index (χ4n) is 2.46. The summed E-state index contributed by atoms with van der Waals surface area (Å²) in [4.78, 5) is 36.7. The summed E-state index contributed by atoms with van der Waals surface area (Å²) < 4.78 is 15.2. The molecule has 0 rings (SSSR count). The van der Waals surface area contributed by atoms with Gasteiger partial charge in [0.2, 0.25) is 0 Å². The Morgan fingerprint density at radius 3 is 1.57 bits per heavy atom. The van der Waals surface area contributed by atoms with E-state index < -0.39 is 54.7 Å². The molecule has 0 heterocycles. The van der Waals surface area contributed by atoms with Crippen molar-refractivity contribution in [1.82, 2.24) is 0 Å². The highest BCUT2D eigenvalue weighted by molar-refractivity contribution is 5.90. The third-order valence-corrected chi connectivity index (χ3v) is 3.99. The molecule has 3 N–H and O–H groups in total. The van der Waals surface area contributed by atoms with E-state index in [1.807, 2.05) is 6.92 Å². The smallest absolute Gasteiger partial charge is 0.339 e. The molecule has 0 amide bonds. The Hall–Kier alpha value is -1.71. The largest absolute Gasteiger partial charge is 0.463 e. The summed E-state index contributed by atoms with van der Waals surface area (Å²) in [5.74, 6) is -2.92. The van der Waals surface area contributed by atoms with Crippen LogP contribution in [0.1, 0.15) is 66.2 Å². The molecule has 0 aliphatic carbocycles. The second-order valence-electron chi connectivity index (χ2n) is 7.02. The van der Waals surface area contributed by atoms with Crippen LogP contribution in [0.25, 0.3) is 0 Å². The van der Waals surface area contributed by atoms with Gasteiger partial charge in [0.05, 0.1) is 18.9 Å². The fraction of sp³-hybridized carbons (Fsp3) is 0.842. The third-order valence-electron chi connectivity index (χ3n) is 3.99. The molecule has 164 valence electrons. The highest BCUT2D eigenvalue weighted by Crippen LogP contribution is 2.22. The van der Waals surface area contributed by atoms with E-state index in [9.17, 15) is 19.5 Å². The molecule has 0 aromatic carbocycles. The number of rotatable bonds is 14. The number of carbonyl (C=O) groups excluding carboxylic acids is 3. The predicted molar refractivity (Wildman–Crippen MR) is 99.2 cm³/mol. The van der Waals surface area contributed by atoms with Gasteiger partial charge in [0, 0.05) is 26.1 Å². The highest BCUT2D eigenvalue weighted by atomic mass is 16.6. The number of aliphatic hydroxyl groups excluding tert-OH is 2. The lowest BCUT2D eigenvalue weighted by molar-refractivity contribution is -0.183. The van der Waals surface area contributed by atoms with E-state index >= 15 is 0 Å². The van der Waals surface area contributed by atoms with Crippen molar-refractivity contribution >= 4 is 17.9 Å². The summed E-state index contributed by atoms with van der Waals surface area (Å²) in [5, 5.41) is 28.5. The van der Waals surface area contributed by atoms with Gasteiger partial charge < -0.3 is 29.5 Å². The molecule has 0 aromatic rings. The van der Waals surface area contributed by atoms with Crippen LogP contribution in [-0.2, 0) is 28.6 Å². The lowest BCUT2D eigenvalue weighted by atomic mass is 9.95. The minimum Gasteiger partial charge on any atom is -0.463 e. The molecule has 0 radical (unpaired) electrons. The van der Waals surface area contributed by atoms with Crippen molar-refractivity contribution in [3.63, 3.8) is 0 Å². The summed E-state index contributed by atoms with van der Waals surface area (Å²) in [6, 6.07) is 0. The Labute approximate surface area is 166 Å². The Morgan fingerprint density at radius 2 is 1.18 bits per heavy atom. The SMILES string of the molecule is CCCC(C)OC(=O)CC(O)(CC(=O)OC(C)CCO)C(=O)OC(C)CCO. The van der Waals surface area contributed by atoms with Crippen molar-refractivity contribution in [3.05, 3.63) is 0 Å². The average Bonchev–Trinajstić information content (AvgIpc) is 2.54. The first-order valence-corrected chi connectivity index (χ1v) is 9.62. The number of carbonyl (C=O) groups is 3. The van der Waals surface area contributed by atoms with E-state index in [0.717, 1.165) is 6.42 Å². The van der Waals surface area contributed by atoms with E-state index in [2.05, 4.69) is 0 Å². The monoisotopic (exact) mass is 406 g/mol. The molecule has 0 saturated carbocycles. The minimum atomic E-state index is -2.46. The number of esters is 3. The Morgan fingerprint density at radius 1 is 0.786 bits per heavy atom. The average molecular weight is 406 g/mol. The standard InChI is InChI=1S/C19H34O9/c1-5-6-13(2)26-16(22)11-19(25,18(24)28-15(4)8-10-21)12-17(23)27-14(3)7-9-20/h13-15,20-21,25H,5-12H2,1-4H3. The molecule has 9 heteroatoms. The second-order valence-corrected chi connectivity index (χ2v) is 7.02. The molecule has 0 aromatic heterocycles. The first-order valence-electron chi connectivity index (χ1n) is 9.62. The molecular formula is C19H34O9. The van der Waals surface area contributed by atoms with Crippen molar-refractivity contribution in [2.24, 2.45) is 0 Å². The Kier molecular flexibility index (Phi) is 12.6. The van der Waals surface area contributed by atoms with Gasteiger partial charge in [0.25, 0.3) is 0 Å². The maximum atomic E-state index is 12.4. The molecule has 0 saturated heterocycles. The van der Waals surface area contributed by atoms with Crippen LogP contribution in [0.4, 0.5) is 0 Å². The number of ether oxygens (including phenoxy) is 3. The van der Waals surface area contributed by atoms with Crippen molar-refractivity contribution in [3.8, 4) is 0 Å². The zero-order valence-corrected chi connectivity index (χ0v) is 17.2. The Balaban J connectivity index is 5.20. The summed E-state index contributed by atoms with van der Waals surface area (Å²) in [7, 11) is 0. The predicted octanol–water partition coefficient (Wildman–Crippen LogP) is 0.858. The molecule has 0 spiro atoms. The maximum absolute atomic E-state index is 12.4. The van der Waals surface area contributed by atoms with Gasteiger partial charge in [-0.05, 0) is 27.2 Å². The molecule has 28 heavy (non-hydrogen) atoms. The van der Waals surface area contributed by atoms with Crippen molar-refractivity contribution in [2.45, 2.75) is 90.1 Å². The summed E-state index contributed by atoms with van der Waals surface area (Å²) in [6.45, 7) is 6.25. The van der Waals surface area contributed by atoms with Gasteiger partial charge in [-0.25, -0.2) is 4.79 Å². The van der Waals surface area contributed by atoms with Crippen LogP contribution < -0.4 is 0 Å². The second kappa shape index (κ2) is 13.5. The van der Waals surface area contributed by atoms with Gasteiger partial charge in [-0.15, -0.1) is 0 Å². The zero-order valence-electron chi connectivity index (χ0n) is 17.2. The van der Waals surface area contributed by atoms with Gasteiger partial charge in [-0.2, -0.15) is 0 Å². The summed E-state index contributed by atoms with van der Waals surface area (Å²) >= 11 is 0. The van der Waals surface area contributed by atoms with Crippen LogP contribution in [0.15, 0.2) is 0 Å². The highest BCUT2D eigenvalue weighted by Gasteiger charge is 2.44. The van der Waals surface area contributed by atoms with Crippen molar-refractivity contribution in [2.75, 3.05) is 13.2 Å². The van der Waals surface area contributed by atoms with Gasteiger partial charge in [-0.1, -0.05) is 13.3 Å². The lowest BCUT2D eigenvalue weighted by Gasteiger charge is -2.27. The number of hydrogen-bond acceptors (Lipinski definition) is 9. The molecule has 4 atom stereocenters. The Bertz CT molecular complexity index is 464. The molecule has 0 aliphatic heterocycles. The zero-order chi connectivity index (χ0) is 21.7. The van der Waals surface area contributed by atoms with Gasteiger partial charge in [0.1, 0.15) is 12.2 Å². The molecule has 0 fully saturated rings. The van der Waals surface area contributed by atoms with E-state index in [0.29, 0.717) is 6.42 Å². The molecule has 4 unspecified atom stereocenters. The lowest BCUT2D eigenvalue weighted by Crippen LogP contribution is -2.46. The quantitative estimate of drug-likeness (QED) is 0.283. The van der Waals surface area contributed by atoms with E-state index in [-0.39, 0.29) is 26.1 Å². The van der Waals surface area contributed by atoms with Crippen LogP contribution in [-0.4, -0.2) is 70.4 Å². The molecule has 9 nitrogen and oxygen atoms in total. The minimum absolute atomic E-state index is 0.137. The van der Waals surface area contributed by atoms with Crippen LogP contribution in [0, 0.1) is 0 Å². The van der Waals surface area contributed by atoms with Crippen molar-refractivity contribution < 1.29 is 43.9 Å². The van der Waals surface area contributed by atoms with Crippen LogP contribution >= 0.6 is 0 Å². The van der Waals surface area contributed by atoms with E-state index in [1.165, 1.54) is 6.92 Å². The van der Waals surface area contributed by atoms with Crippen molar-refractivity contribution in [1.29, 1.82) is 0 Å². The molecular weight excluding hydrogens is 372 g/mol. The summed E-state index contributed by atoms with van der Waals surface area (Å²) in [5.41, 5.74) is -2.46. The number of aliphatic hydroxyl groups is 3. The molecule has 0 aliphatic rings.